The Morgan fingerprint density at radius 2 is 1.67 bits per heavy atom. The van der Waals surface area contributed by atoms with Gasteiger partial charge in [-0.25, -0.2) is 4.79 Å². The number of benzene rings is 2. The molecule has 21 heavy (non-hydrogen) atoms. The number of halogens is 2. The van der Waals surface area contributed by atoms with Gasteiger partial charge in [0.05, 0.1) is 12.2 Å². The van der Waals surface area contributed by atoms with Crippen LogP contribution in [0.15, 0.2) is 42.5 Å². The van der Waals surface area contributed by atoms with Gasteiger partial charge < -0.3 is 9.47 Å². The molecule has 0 atom stereocenters. The number of ether oxygens (including phenoxy) is 2. The Bertz CT molecular complexity index is 604. The van der Waals surface area contributed by atoms with E-state index in [1.54, 1.807) is 49.4 Å². The van der Waals surface area contributed by atoms with Crippen molar-refractivity contribution in [2.75, 3.05) is 6.61 Å². The van der Waals surface area contributed by atoms with Crippen molar-refractivity contribution in [1.82, 2.24) is 0 Å². The summed E-state index contributed by atoms with van der Waals surface area (Å²) in [4.78, 5) is 11.5. The number of carbonyl (C=O) groups is 1. The van der Waals surface area contributed by atoms with E-state index in [1.165, 1.54) is 0 Å². The third kappa shape index (κ3) is 4.13. The third-order valence-corrected chi connectivity index (χ3v) is 3.52. The Hall–Kier alpha value is -1.71. The summed E-state index contributed by atoms with van der Waals surface area (Å²) in [6.45, 7) is 2.38. The van der Waals surface area contributed by atoms with E-state index >= 15 is 0 Å². The predicted octanol–water partition coefficient (Wildman–Crippen LogP) is 4.75. The smallest absolute Gasteiger partial charge is 0.338 e. The van der Waals surface area contributed by atoms with E-state index in [4.69, 9.17) is 32.7 Å². The van der Waals surface area contributed by atoms with Crippen LogP contribution in [0, 0.1) is 0 Å². The molecule has 0 saturated heterocycles. The molecule has 110 valence electrons. The van der Waals surface area contributed by atoms with Crippen LogP contribution in [-0.4, -0.2) is 12.6 Å². The molecule has 0 radical (unpaired) electrons. The van der Waals surface area contributed by atoms with Crippen molar-refractivity contribution >= 4 is 29.2 Å². The van der Waals surface area contributed by atoms with Crippen LogP contribution in [0.1, 0.15) is 22.8 Å². The van der Waals surface area contributed by atoms with Crippen molar-refractivity contribution in [3.05, 3.63) is 63.6 Å². The fourth-order valence-corrected chi connectivity index (χ4v) is 2.23. The maximum Gasteiger partial charge on any atom is 0.338 e. The highest BCUT2D eigenvalue weighted by Gasteiger charge is 2.08. The Labute approximate surface area is 133 Å². The number of rotatable bonds is 5. The fraction of sp³-hybridized carbons (Fsp3) is 0.188. The lowest BCUT2D eigenvalue weighted by molar-refractivity contribution is 0.0526. The molecule has 0 bridgehead atoms. The Morgan fingerprint density at radius 3 is 2.24 bits per heavy atom. The van der Waals surface area contributed by atoms with Crippen molar-refractivity contribution < 1.29 is 14.3 Å². The van der Waals surface area contributed by atoms with Crippen LogP contribution in [0.25, 0.3) is 0 Å². The van der Waals surface area contributed by atoms with Crippen molar-refractivity contribution in [3.8, 4) is 5.75 Å². The Kier molecular flexibility index (Phi) is 5.48. The van der Waals surface area contributed by atoms with E-state index < -0.39 is 0 Å². The summed E-state index contributed by atoms with van der Waals surface area (Å²) in [6, 6.07) is 12.0. The highest BCUT2D eigenvalue weighted by atomic mass is 35.5. The molecule has 0 fully saturated rings. The number of hydrogen-bond acceptors (Lipinski definition) is 3. The second kappa shape index (κ2) is 7.34. The average molecular weight is 325 g/mol. The standard InChI is InChI=1S/C16H14Cl2O3/c1-2-20-16(19)11-6-8-12(9-7-11)21-10-13-14(17)4-3-5-15(13)18/h3-9H,2,10H2,1H3. The van der Waals surface area contributed by atoms with Gasteiger partial charge in [-0.2, -0.15) is 0 Å². The van der Waals surface area contributed by atoms with Gasteiger partial charge in [0.1, 0.15) is 12.4 Å². The van der Waals surface area contributed by atoms with Gasteiger partial charge >= 0.3 is 5.97 Å². The molecule has 0 spiro atoms. The fourth-order valence-electron chi connectivity index (χ4n) is 1.73. The van der Waals surface area contributed by atoms with Gasteiger partial charge in [0.2, 0.25) is 0 Å². The van der Waals surface area contributed by atoms with Crippen LogP contribution in [0.5, 0.6) is 5.75 Å². The molecule has 5 heteroatoms. The average Bonchev–Trinajstić information content (AvgIpc) is 2.47. The van der Waals surface area contributed by atoms with E-state index in [9.17, 15) is 4.79 Å². The highest BCUT2D eigenvalue weighted by molar-refractivity contribution is 6.35. The van der Waals surface area contributed by atoms with Gasteiger partial charge in [0.25, 0.3) is 0 Å². The van der Waals surface area contributed by atoms with Gasteiger partial charge in [-0.3, -0.25) is 0 Å². The molecule has 0 heterocycles. The van der Waals surface area contributed by atoms with Gasteiger partial charge in [0.15, 0.2) is 0 Å². The first-order valence-electron chi connectivity index (χ1n) is 6.44. The first-order valence-corrected chi connectivity index (χ1v) is 7.20. The molecule has 0 N–H and O–H groups in total. The lowest BCUT2D eigenvalue weighted by Crippen LogP contribution is -2.04. The quantitative estimate of drug-likeness (QED) is 0.744. The zero-order chi connectivity index (χ0) is 15.2. The largest absolute Gasteiger partial charge is 0.489 e. The first-order chi connectivity index (χ1) is 10.1. The molecular weight excluding hydrogens is 311 g/mol. The van der Waals surface area contributed by atoms with Gasteiger partial charge in [-0.1, -0.05) is 29.3 Å². The topological polar surface area (TPSA) is 35.5 Å². The summed E-state index contributed by atoms with van der Waals surface area (Å²) in [5.41, 5.74) is 1.22. The van der Waals surface area contributed by atoms with Crippen LogP contribution in [0.2, 0.25) is 10.0 Å². The van der Waals surface area contributed by atoms with Crippen molar-refractivity contribution in [1.29, 1.82) is 0 Å². The van der Waals surface area contributed by atoms with Gasteiger partial charge in [-0.15, -0.1) is 0 Å². The molecule has 2 rings (SSSR count). The maximum atomic E-state index is 11.5. The van der Waals surface area contributed by atoms with E-state index in [2.05, 4.69) is 0 Å². The van der Waals surface area contributed by atoms with Crippen LogP contribution >= 0.6 is 23.2 Å². The van der Waals surface area contributed by atoms with Gasteiger partial charge in [-0.05, 0) is 43.3 Å². The summed E-state index contributed by atoms with van der Waals surface area (Å²) in [5, 5.41) is 1.12. The summed E-state index contributed by atoms with van der Waals surface area (Å²) >= 11 is 12.1. The molecule has 0 amide bonds. The van der Waals surface area contributed by atoms with E-state index in [1.807, 2.05) is 0 Å². The number of esters is 1. The first kappa shape index (κ1) is 15.7. The van der Waals surface area contributed by atoms with Crippen molar-refractivity contribution in [2.45, 2.75) is 13.5 Å². The van der Waals surface area contributed by atoms with Crippen LogP contribution < -0.4 is 4.74 Å². The summed E-state index contributed by atoms with van der Waals surface area (Å²) in [5.74, 6) is 0.275. The molecule has 0 unspecified atom stereocenters. The molecule has 3 nitrogen and oxygen atoms in total. The van der Waals surface area contributed by atoms with Crippen LogP contribution in [0.3, 0.4) is 0 Å². The second-order valence-electron chi connectivity index (χ2n) is 4.23. The number of carbonyl (C=O) groups excluding carboxylic acids is 1. The van der Waals surface area contributed by atoms with E-state index in [0.717, 1.165) is 5.56 Å². The summed E-state index contributed by atoms with van der Waals surface area (Å²) in [6.07, 6.45) is 0. The minimum atomic E-state index is -0.349. The number of hydrogen-bond donors (Lipinski definition) is 0. The Balaban J connectivity index is 2.03. The third-order valence-electron chi connectivity index (χ3n) is 2.81. The summed E-state index contributed by atoms with van der Waals surface area (Å²) in [7, 11) is 0. The molecule has 0 saturated carbocycles. The van der Waals surface area contributed by atoms with Crippen LogP contribution in [0.4, 0.5) is 0 Å². The second-order valence-corrected chi connectivity index (χ2v) is 5.05. The van der Waals surface area contributed by atoms with Crippen molar-refractivity contribution in [2.24, 2.45) is 0 Å². The molecule has 2 aromatic rings. The molecule has 2 aromatic carbocycles. The minimum absolute atomic E-state index is 0.261. The summed E-state index contributed by atoms with van der Waals surface area (Å²) < 4.78 is 10.5. The molecule has 0 aliphatic rings. The lowest BCUT2D eigenvalue weighted by atomic mass is 10.2. The van der Waals surface area contributed by atoms with Gasteiger partial charge in [0, 0.05) is 15.6 Å². The highest BCUT2D eigenvalue weighted by Crippen LogP contribution is 2.26. The minimum Gasteiger partial charge on any atom is -0.489 e. The maximum absolute atomic E-state index is 11.5. The Morgan fingerprint density at radius 1 is 1.05 bits per heavy atom. The SMILES string of the molecule is CCOC(=O)c1ccc(OCc2c(Cl)cccc2Cl)cc1. The van der Waals surface area contributed by atoms with Crippen LogP contribution in [-0.2, 0) is 11.3 Å². The molecule has 0 aliphatic carbocycles. The monoisotopic (exact) mass is 324 g/mol. The van der Waals surface area contributed by atoms with E-state index in [-0.39, 0.29) is 12.6 Å². The molecular formula is C16H14Cl2O3. The predicted molar refractivity (Wildman–Crippen MR) is 83.2 cm³/mol. The van der Waals surface area contributed by atoms with E-state index in [0.29, 0.717) is 28.0 Å². The lowest BCUT2D eigenvalue weighted by Gasteiger charge is -2.10. The molecule has 0 aliphatic heterocycles. The zero-order valence-corrected chi connectivity index (χ0v) is 12.9. The normalized spacial score (nSPS) is 10.2. The zero-order valence-electron chi connectivity index (χ0n) is 11.4. The van der Waals surface area contributed by atoms with Crippen molar-refractivity contribution in [3.63, 3.8) is 0 Å². The molecule has 0 aromatic heterocycles.